The Bertz CT molecular complexity index is 1090. The Labute approximate surface area is 175 Å². The molecule has 0 spiro atoms. The average molecular weight is 403 g/mol. The molecule has 0 aliphatic rings. The van der Waals surface area contributed by atoms with E-state index in [9.17, 15) is 0 Å². The lowest BCUT2D eigenvalue weighted by Gasteiger charge is -2.10. The molecule has 154 valence electrons. The van der Waals surface area contributed by atoms with Crippen molar-refractivity contribution < 1.29 is 4.74 Å². The Morgan fingerprint density at radius 1 is 1.03 bits per heavy atom. The monoisotopic (exact) mass is 403 g/mol. The summed E-state index contributed by atoms with van der Waals surface area (Å²) < 4.78 is 7.45. The Balaban J connectivity index is 1.59. The molecule has 30 heavy (non-hydrogen) atoms. The van der Waals surface area contributed by atoms with Crippen molar-refractivity contribution in [2.45, 2.75) is 33.7 Å². The number of aromatic amines is 1. The number of H-pyrrole nitrogens is 1. The first-order valence-corrected chi connectivity index (χ1v) is 10.1. The third-order valence-electron chi connectivity index (χ3n) is 4.72. The molecular weight excluding hydrogens is 378 g/mol. The molecule has 0 aliphatic heterocycles. The second-order valence-electron chi connectivity index (χ2n) is 7.49. The lowest BCUT2D eigenvalue weighted by atomic mass is 9.98. The molecule has 0 radical (unpaired) electrons. The third kappa shape index (κ3) is 4.37. The number of hydrogen-bond donors (Lipinski definition) is 1. The Hall–Kier alpha value is -3.55. The Kier molecular flexibility index (Phi) is 5.83. The van der Waals surface area contributed by atoms with E-state index in [0.717, 1.165) is 34.5 Å². The van der Waals surface area contributed by atoms with Crippen LogP contribution in [0.4, 0.5) is 0 Å². The lowest BCUT2D eigenvalue weighted by Crippen LogP contribution is -2.09. The molecule has 4 aromatic rings. The molecule has 2 aromatic heterocycles. The largest absolute Gasteiger partial charge is 0.463 e. The summed E-state index contributed by atoms with van der Waals surface area (Å²) >= 11 is 0. The van der Waals surface area contributed by atoms with Crippen molar-refractivity contribution >= 4 is 0 Å². The fourth-order valence-electron chi connectivity index (χ4n) is 3.36. The highest BCUT2D eigenvalue weighted by Crippen LogP contribution is 2.29. The van der Waals surface area contributed by atoms with E-state index in [2.05, 4.69) is 74.9 Å². The van der Waals surface area contributed by atoms with Gasteiger partial charge in [-0.15, -0.1) is 10.2 Å². The number of benzene rings is 2. The van der Waals surface area contributed by atoms with E-state index in [1.165, 1.54) is 0 Å². The quantitative estimate of drug-likeness (QED) is 0.481. The van der Waals surface area contributed by atoms with Gasteiger partial charge in [0.25, 0.3) is 0 Å². The van der Waals surface area contributed by atoms with Gasteiger partial charge in [-0.2, -0.15) is 4.98 Å². The predicted molar refractivity (Wildman–Crippen MR) is 114 cm³/mol. The highest BCUT2D eigenvalue weighted by Gasteiger charge is 2.14. The SMILES string of the molecule is CCOc1nc(CC(C)C)n(Cc2ccc(-c3ccccc3-c3nnn[nH]3)cc2)n1. The van der Waals surface area contributed by atoms with Crippen LogP contribution in [0, 0.1) is 5.92 Å². The van der Waals surface area contributed by atoms with Gasteiger partial charge in [0.05, 0.1) is 13.2 Å². The molecule has 1 N–H and O–H groups in total. The maximum atomic E-state index is 5.51. The molecule has 4 rings (SSSR count). The number of tetrazole rings is 1. The van der Waals surface area contributed by atoms with Crippen LogP contribution in [0.25, 0.3) is 22.5 Å². The molecule has 0 amide bonds. The van der Waals surface area contributed by atoms with Crippen LogP contribution in [-0.2, 0) is 13.0 Å². The van der Waals surface area contributed by atoms with Crippen molar-refractivity contribution in [3.63, 3.8) is 0 Å². The molecule has 0 saturated carbocycles. The zero-order valence-corrected chi connectivity index (χ0v) is 17.4. The van der Waals surface area contributed by atoms with E-state index in [1.54, 1.807) is 0 Å². The summed E-state index contributed by atoms with van der Waals surface area (Å²) in [6.45, 7) is 7.50. The maximum Gasteiger partial charge on any atom is 0.335 e. The lowest BCUT2D eigenvalue weighted by molar-refractivity contribution is 0.311. The van der Waals surface area contributed by atoms with Crippen LogP contribution in [0.1, 0.15) is 32.2 Å². The summed E-state index contributed by atoms with van der Waals surface area (Å²) in [5.41, 5.74) is 4.28. The van der Waals surface area contributed by atoms with E-state index < -0.39 is 0 Å². The van der Waals surface area contributed by atoms with Crippen LogP contribution in [0.2, 0.25) is 0 Å². The van der Waals surface area contributed by atoms with Crippen molar-refractivity contribution in [1.29, 1.82) is 0 Å². The van der Waals surface area contributed by atoms with Crippen molar-refractivity contribution in [2.24, 2.45) is 5.92 Å². The summed E-state index contributed by atoms with van der Waals surface area (Å²) in [7, 11) is 0. The van der Waals surface area contributed by atoms with Gasteiger partial charge in [0.1, 0.15) is 5.82 Å². The summed E-state index contributed by atoms with van der Waals surface area (Å²) in [4.78, 5) is 4.55. The van der Waals surface area contributed by atoms with E-state index in [-0.39, 0.29) is 0 Å². The van der Waals surface area contributed by atoms with E-state index in [1.807, 2.05) is 29.8 Å². The third-order valence-corrected chi connectivity index (χ3v) is 4.72. The van der Waals surface area contributed by atoms with Crippen LogP contribution in [0.3, 0.4) is 0 Å². The van der Waals surface area contributed by atoms with E-state index >= 15 is 0 Å². The number of rotatable bonds is 8. The smallest absolute Gasteiger partial charge is 0.335 e. The molecule has 0 unspecified atom stereocenters. The molecule has 0 fully saturated rings. The second-order valence-corrected chi connectivity index (χ2v) is 7.49. The van der Waals surface area contributed by atoms with Crippen molar-refractivity contribution in [1.82, 2.24) is 35.4 Å². The molecule has 0 aliphatic carbocycles. The Morgan fingerprint density at radius 2 is 1.80 bits per heavy atom. The molecule has 2 aromatic carbocycles. The number of ether oxygens (including phenoxy) is 1. The summed E-state index contributed by atoms with van der Waals surface area (Å²) in [5.74, 6) is 2.09. The predicted octanol–water partition coefficient (Wildman–Crippen LogP) is 3.77. The van der Waals surface area contributed by atoms with Crippen LogP contribution < -0.4 is 4.74 Å². The Morgan fingerprint density at radius 3 is 2.47 bits per heavy atom. The van der Waals surface area contributed by atoms with Gasteiger partial charge < -0.3 is 4.74 Å². The normalized spacial score (nSPS) is 11.2. The first kappa shape index (κ1) is 19.8. The average Bonchev–Trinajstić information content (AvgIpc) is 3.39. The van der Waals surface area contributed by atoms with Gasteiger partial charge in [0.2, 0.25) is 0 Å². The minimum absolute atomic E-state index is 0.444. The molecule has 8 heteroatoms. The number of nitrogens with one attached hydrogen (secondary N) is 1. The van der Waals surface area contributed by atoms with Gasteiger partial charge in [-0.25, -0.2) is 9.78 Å². The zero-order chi connectivity index (χ0) is 20.9. The van der Waals surface area contributed by atoms with E-state index in [0.29, 0.717) is 30.9 Å². The number of hydrogen-bond acceptors (Lipinski definition) is 6. The van der Waals surface area contributed by atoms with Crippen molar-refractivity contribution in [3.05, 3.63) is 59.9 Å². The second kappa shape index (κ2) is 8.86. The topological polar surface area (TPSA) is 94.4 Å². The van der Waals surface area contributed by atoms with E-state index in [4.69, 9.17) is 4.74 Å². The first-order chi connectivity index (χ1) is 14.6. The molecule has 2 heterocycles. The standard InChI is InChI=1S/C22H25N7O/c1-4-30-22-23-20(13-15(2)3)29(26-22)14-16-9-11-17(12-10-16)18-7-5-6-8-19(18)21-24-27-28-25-21/h5-12,15H,4,13-14H2,1-3H3,(H,24,25,27,28). The van der Waals surface area contributed by atoms with Gasteiger partial charge in [0, 0.05) is 12.0 Å². The fraction of sp³-hybridized carbons (Fsp3) is 0.318. The van der Waals surface area contributed by atoms with Gasteiger partial charge in [0.15, 0.2) is 5.82 Å². The highest BCUT2D eigenvalue weighted by atomic mass is 16.5. The number of nitrogens with zero attached hydrogens (tertiary/aromatic N) is 6. The summed E-state index contributed by atoms with van der Waals surface area (Å²) in [6.07, 6.45) is 0.858. The van der Waals surface area contributed by atoms with Crippen LogP contribution in [0.15, 0.2) is 48.5 Å². The molecule has 0 saturated heterocycles. The zero-order valence-electron chi connectivity index (χ0n) is 17.4. The minimum atomic E-state index is 0.444. The van der Waals surface area contributed by atoms with Gasteiger partial charge in [-0.1, -0.05) is 62.4 Å². The van der Waals surface area contributed by atoms with Gasteiger partial charge >= 0.3 is 6.01 Å². The summed E-state index contributed by atoms with van der Waals surface area (Å²) in [6, 6.07) is 17.0. The highest BCUT2D eigenvalue weighted by molar-refractivity contribution is 5.80. The summed E-state index contributed by atoms with van der Waals surface area (Å²) in [5, 5.41) is 18.8. The fourth-order valence-corrected chi connectivity index (χ4v) is 3.36. The van der Waals surface area contributed by atoms with Crippen molar-refractivity contribution in [2.75, 3.05) is 6.61 Å². The minimum Gasteiger partial charge on any atom is -0.463 e. The van der Waals surface area contributed by atoms with Crippen LogP contribution in [-0.4, -0.2) is 42.0 Å². The van der Waals surface area contributed by atoms with Crippen LogP contribution >= 0.6 is 0 Å². The maximum absolute atomic E-state index is 5.51. The molecule has 0 atom stereocenters. The first-order valence-electron chi connectivity index (χ1n) is 10.1. The number of aromatic nitrogens is 7. The molecular formula is C22H25N7O. The molecule has 0 bridgehead atoms. The van der Waals surface area contributed by atoms with Crippen molar-refractivity contribution in [3.8, 4) is 28.5 Å². The molecule has 8 nitrogen and oxygen atoms in total. The van der Waals surface area contributed by atoms with Crippen LogP contribution in [0.5, 0.6) is 6.01 Å². The van der Waals surface area contributed by atoms with Gasteiger partial charge in [-0.3, -0.25) is 0 Å². The van der Waals surface area contributed by atoms with Gasteiger partial charge in [-0.05, 0) is 40.0 Å².